The molecule has 0 saturated heterocycles. The summed E-state index contributed by atoms with van der Waals surface area (Å²) in [7, 11) is 0. The van der Waals surface area contributed by atoms with Crippen LogP contribution in [0.2, 0.25) is 0 Å². The topological polar surface area (TPSA) is 85.4 Å². The molecule has 1 amide bonds. The van der Waals surface area contributed by atoms with Gasteiger partial charge in [-0.15, -0.1) is 0 Å². The number of carbonyl (C=O) groups is 3. The Morgan fingerprint density at radius 2 is 1.77 bits per heavy atom. The van der Waals surface area contributed by atoms with Crippen molar-refractivity contribution in [1.29, 1.82) is 0 Å². The molecule has 1 heterocycles. The Labute approximate surface area is 178 Å². The van der Waals surface area contributed by atoms with Crippen molar-refractivity contribution in [2.24, 2.45) is 0 Å². The van der Waals surface area contributed by atoms with Crippen LogP contribution in [0.1, 0.15) is 34.6 Å². The summed E-state index contributed by atoms with van der Waals surface area (Å²) in [4.78, 5) is 41.8. The number of hydrogen-bond acceptors (Lipinski definition) is 6. The summed E-state index contributed by atoms with van der Waals surface area (Å²) in [5, 5.41) is 3.15. The molecule has 0 fully saturated rings. The molecular formula is C23H20N2O4S. The number of pyridine rings is 1. The van der Waals surface area contributed by atoms with Crippen LogP contribution in [0.5, 0.6) is 0 Å². The number of aromatic nitrogens is 1. The maximum atomic E-state index is 12.7. The van der Waals surface area contributed by atoms with E-state index in [1.54, 1.807) is 42.6 Å². The molecule has 3 rings (SSSR count). The Morgan fingerprint density at radius 3 is 2.50 bits per heavy atom. The number of Topliss-reactive ketones (excluding diaryl/α,β-unsaturated/α-hetero) is 1. The molecule has 0 aliphatic rings. The Hall–Kier alpha value is -3.45. The number of anilines is 1. The highest BCUT2D eigenvalue weighted by molar-refractivity contribution is 7.99. The Morgan fingerprint density at radius 1 is 1.00 bits per heavy atom. The number of ketones is 1. The number of esters is 1. The molecule has 152 valence electrons. The van der Waals surface area contributed by atoms with Gasteiger partial charge in [0.1, 0.15) is 5.03 Å². The molecule has 1 unspecified atom stereocenters. The summed E-state index contributed by atoms with van der Waals surface area (Å²) in [6, 6.07) is 19.4. The summed E-state index contributed by atoms with van der Waals surface area (Å²) in [6.45, 7) is 2.94. The highest BCUT2D eigenvalue weighted by Crippen LogP contribution is 2.28. The van der Waals surface area contributed by atoms with Crippen LogP contribution in [0.15, 0.2) is 82.8 Å². The first kappa shape index (κ1) is 21.3. The molecule has 0 spiro atoms. The predicted molar refractivity (Wildman–Crippen MR) is 115 cm³/mol. The van der Waals surface area contributed by atoms with Crippen LogP contribution < -0.4 is 5.32 Å². The smallest absolute Gasteiger partial charge is 0.341 e. The number of nitrogens with one attached hydrogen (secondary N) is 1. The second-order valence-electron chi connectivity index (χ2n) is 6.45. The summed E-state index contributed by atoms with van der Waals surface area (Å²) in [5.41, 5.74) is 1.22. The molecule has 3 aromatic rings. The first-order chi connectivity index (χ1) is 14.4. The van der Waals surface area contributed by atoms with E-state index in [0.29, 0.717) is 16.3 Å². The number of ether oxygens (including phenoxy) is 1. The number of amides is 1. The zero-order valence-corrected chi connectivity index (χ0v) is 17.3. The number of carbonyl (C=O) groups excluding carboxylic acids is 3. The van der Waals surface area contributed by atoms with Crippen molar-refractivity contribution >= 4 is 35.1 Å². The summed E-state index contributed by atoms with van der Waals surface area (Å²) in [6.07, 6.45) is 0.563. The average molecular weight is 420 g/mol. The molecular weight excluding hydrogens is 400 g/mol. The average Bonchev–Trinajstić information content (AvgIpc) is 2.75. The van der Waals surface area contributed by atoms with Gasteiger partial charge in [-0.25, -0.2) is 9.78 Å². The first-order valence-electron chi connectivity index (χ1n) is 9.25. The SMILES string of the molecule is CC(=O)c1cccc(NC(=O)C(C)OC(=O)c2cccnc2Sc2ccccc2)c1. The minimum Gasteiger partial charge on any atom is -0.449 e. The number of benzene rings is 2. The van der Waals surface area contributed by atoms with Gasteiger partial charge in [-0.05, 0) is 50.2 Å². The molecule has 0 saturated carbocycles. The monoisotopic (exact) mass is 420 g/mol. The van der Waals surface area contributed by atoms with Crippen molar-refractivity contribution in [3.63, 3.8) is 0 Å². The molecule has 30 heavy (non-hydrogen) atoms. The fraction of sp³-hybridized carbons (Fsp3) is 0.130. The largest absolute Gasteiger partial charge is 0.449 e. The summed E-state index contributed by atoms with van der Waals surface area (Å²) >= 11 is 1.34. The van der Waals surface area contributed by atoms with Gasteiger partial charge in [-0.2, -0.15) is 0 Å². The fourth-order valence-corrected chi connectivity index (χ4v) is 3.46. The lowest BCUT2D eigenvalue weighted by atomic mass is 10.1. The van der Waals surface area contributed by atoms with Gasteiger partial charge in [0.2, 0.25) is 0 Å². The molecule has 0 aliphatic heterocycles. The Balaban J connectivity index is 1.68. The van der Waals surface area contributed by atoms with Gasteiger partial charge in [0.25, 0.3) is 5.91 Å². The van der Waals surface area contributed by atoms with Crippen LogP contribution in [-0.2, 0) is 9.53 Å². The molecule has 6 nitrogen and oxygen atoms in total. The number of nitrogens with zero attached hydrogens (tertiary/aromatic N) is 1. The van der Waals surface area contributed by atoms with E-state index < -0.39 is 18.0 Å². The number of hydrogen-bond donors (Lipinski definition) is 1. The van der Waals surface area contributed by atoms with Gasteiger partial charge < -0.3 is 10.1 Å². The Kier molecular flexibility index (Phi) is 6.98. The van der Waals surface area contributed by atoms with Crippen LogP contribution in [0.4, 0.5) is 5.69 Å². The van der Waals surface area contributed by atoms with E-state index >= 15 is 0 Å². The molecule has 1 aromatic heterocycles. The van der Waals surface area contributed by atoms with Crippen LogP contribution in [0.3, 0.4) is 0 Å². The third-order valence-corrected chi connectivity index (χ3v) is 5.17. The highest BCUT2D eigenvalue weighted by atomic mass is 32.2. The standard InChI is InChI=1S/C23H20N2O4S/c1-15(26)17-8-6-9-18(14-17)25-21(27)16(2)29-23(28)20-12-7-13-24-22(20)30-19-10-4-3-5-11-19/h3-14,16H,1-2H3,(H,25,27). The van der Waals surface area contributed by atoms with Gasteiger partial charge in [-0.3, -0.25) is 9.59 Å². The van der Waals surface area contributed by atoms with Crippen LogP contribution in [0.25, 0.3) is 0 Å². The van der Waals surface area contributed by atoms with Crippen molar-refractivity contribution in [3.8, 4) is 0 Å². The predicted octanol–water partition coefficient (Wildman–Crippen LogP) is 4.62. The minimum absolute atomic E-state index is 0.106. The van der Waals surface area contributed by atoms with Crippen molar-refractivity contribution in [3.05, 3.63) is 84.1 Å². The van der Waals surface area contributed by atoms with Gasteiger partial charge in [0.05, 0.1) is 5.56 Å². The lowest BCUT2D eigenvalue weighted by molar-refractivity contribution is -0.123. The Bertz CT molecular complexity index is 1070. The third kappa shape index (κ3) is 5.55. The highest BCUT2D eigenvalue weighted by Gasteiger charge is 2.22. The van der Waals surface area contributed by atoms with Crippen LogP contribution in [-0.4, -0.2) is 28.7 Å². The molecule has 0 aliphatic carbocycles. The lowest BCUT2D eigenvalue weighted by Gasteiger charge is -2.15. The van der Waals surface area contributed by atoms with E-state index in [9.17, 15) is 14.4 Å². The van der Waals surface area contributed by atoms with E-state index in [4.69, 9.17) is 4.74 Å². The van der Waals surface area contributed by atoms with Crippen molar-refractivity contribution < 1.29 is 19.1 Å². The van der Waals surface area contributed by atoms with Gasteiger partial charge in [0.15, 0.2) is 11.9 Å². The zero-order chi connectivity index (χ0) is 21.5. The minimum atomic E-state index is -1.03. The molecule has 7 heteroatoms. The van der Waals surface area contributed by atoms with Gasteiger partial charge in [-0.1, -0.05) is 42.1 Å². The zero-order valence-electron chi connectivity index (χ0n) is 16.5. The van der Waals surface area contributed by atoms with Gasteiger partial charge >= 0.3 is 5.97 Å². The van der Waals surface area contributed by atoms with Crippen molar-refractivity contribution in [2.75, 3.05) is 5.32 Å². The fourth-order valence-electron chi connectivity index (χ4n) is 2.57. The van der Waals surface area contributed by atoms with E-state index in [-0.39, 0.29) is 11.3 Å². The third-order valence-electron chi connectivity index (χ3n) is 4.14. The molecule has 2 aromatic carbocycles. The molecule has 0 radical (unpaired) electrons. The van der Waals surface area contributed by atoms with Crippen molar-refractivity contribution in [2.45, 2.75) is 29.9 Å². The van der Waals surface area contributed by atoms with Crippen LogP contribution in [0, 0.1) is 0 Å². The van der Waals surface area contributed by atoms with Gasteiger partial charge in [0, 0.05) is 22.3 Å². The molecule has 0 bridgehead atoms. The van der Waals surface area contributed by atoms with Crippen LogP contribution >= 0.6 is 11.8 Å². The van der Waals surface area contributed by atoms with E-state index in [2.05, 4.69) is 10.3 Å². The van der Waals surface area contributed by atoms with Crippen molar-refractivity contribution in [1.82, 2.24) is 4.98 Å². The van der Waals surface area contributed by atoms with E-state index in [1.807, 2.05) is 30.3 Å². The lowest BCUT2D eigenvalue weighted by Crippen LogP contribution is -2.30. The second-order valence-corrected chi connectivity index (χ2v) is 7.51. The first-order valence-corrected chi connectivity index (χ1v) is 10.1. The second kappa shape index (κ2) is 9.84. The molecule has 1 N–H and O–H groups in total. The quantitative estimate of drug-likeness (QED) is 0.443. The maximum absolute atomic E-state index is 12.7. The summed E-state index contributed by atoms with van der Waals surface area (Å²) < 4.78 is 5.36. The van der Waals surface area contributed by atoms with E-state index in [0.717, 1.165) is 4.90 Å². The number of rotatable bonds is 7. The summed E-state index contributed by atoms with van der Waals surface area (Å²) in [5.74, 6) is -1.24. The van der Waals surface area contributed by atoms with E-state index in [1.165, 1.54) is 25.6 Å². The maximum Gasteiger partial charge on any atom is 0.341 e. The normalized spacial score (nSPS) is 11.4. The molecule has 1 atom stereocenters.